The third kappa shape index (κ3) is 3.11. The van der Waals surface area contributed by atoms with E-state index in [1.165, 1.54) is 4.52 Å². The molecule has 0 radical (unpaired) electrons. The molecule has 0 unspecified atom stereocenters. The lowest BCUT2D eigenvalue weighted by molar-refractivity contribution is 0.0921. The molecule has 0 saturated heterocycles. The summed E-state index contributed by atoms with van der Waals surface area (Å²) in [5.41, 5.74) is 3.05. The molecule has 0 aliphatic carbocycles. The van der Waals surface area contributed by atoms with E-state index in [1.54, 1.807) is 18.3 Å². The van der Waals surface area contributed by atoms with Gasteiger partial charge in [-0.3, -0.25) is 4.79 Å². The number of benzene rings is 1. The number of carbonyl (C=O) groups is 1. The van der Waals surface area contributed by atoms with Crippen molar-refractivity contribution in [2.24, 2.45) is 5.92 Å². The topological polar surface area (TPSA) is 90.0 Å². The van der Waals surface area contributed by atoms with Crippen molar-refractivity contribution in [2.75, 3.05) is 0 Å². The average Bonchev–Trinajstić information content (AvgIpc) is 3.28. The first-order valence-electron chi connectivity index (χ1n) is 9.41. The van der Waals surface area contributed by atoms with Gasteiger partial charge < -0.3 is 9.88 Å². The van der Waals surface area contributed by atoms with Crippen LogP contribution in [-0.2, 0) is 0 Å². The summed E-state index contributed by atoms with van der Waals surface area (Å²) in [4.78, 5) is 17.8. The smallest absolute Gasteiger partial charge is 0.252 e. The maximum absolute atomic E-state index is 13.0. The minimum atomic E-state index is -0.227. The Hall–Kier alpha value is -3.29. The van der Waals surface area contributed by atoms with Crippen LogP contribution in [0.5, 0.6) is 0 Å². The molecule has 28 heavy (non-hydrogen) atoms. The van der Waals surface area contributed by atoms with Crippen molar-refractivity contribution >= 4 is 22.6 Å². The number of rotatable bonds is 5. The van der Waals surface area contributed by atoms with Gasteiger partial charge in [0.05, 0.1) is 17.1 Å². The minimum Gasteiger partial charge on any atom is -0.342 e. The second-order valence-electron chi connectivity index (χ2n) is 7.51. The summed E-state index contributed by atoms with van der Waals surface area (Å²) in [5, 5.41) is 14.5. The summed E-state index contributed by atoms with van der Waals surface area (Å²) in [5.74, 6) is 0.855. The van der Waals surface area contributed by atoms with Crippen molar-refractivity contribution in [1.82, 2.24) is 34.9 Å². The third-order valence-corrected chi connectivity index (χ3v) is 4.83. The van der Waals surface area contributed by atoms with Crippen LogP contribution < -0.4 is 5.32 Å². The first-order valence-corrected chi connectivity index (χ1v) is 9.41. The molecule has 0 aliphatic heterocycles. The van der Waals surface area contributed by atoms with Gasteiger partial charge in [-0.2, -0.15) is 0 Å². The zero-order valence-electron chi connectivity index (χ0n) is 16.4. The molecule has 0 aliphatic rings. The number of aromatic nitrogens is 6. The van der Waals surface area contributed by atoms with Crippen LogP contribution >= 0.6 is 0 Å². The van der Waals surface area contributed by atoms with Crippen molar-refractivity contribution in [3.8, 4) is 0 Å². The molecular formula is C20H23N7O. The maximum Gasteiger partial charge on any atom is 0.252 e. The van der Waals surface area contributed by atoms with E-state index in [1.807, 2.05) is 18.2 Å². The first-order chi connectivity index (χ1) is 13.5. The molecule has 1 N–H and O–H groups in total. The van der Waals surface area contributed by atoms with Crippen LogP contribution in [-0.4, -0.2) is 35.5 Å². The Bertz CT molecular complexity index is 1140. The van der Waals surface area contributed by atoms with E-state index in [9.17, 15) is 4.79 Å². The highest BCUT2D eigenvalue weighted by atomic mass is 16.1. The molecule has 3 heterocycles. The monoisotopic (exact) mass is 377 g/mol. The number of para-hydroxylation sites is 2. The molecule has 0 saturated carbocycles. The molecular weight excluding hydrogens is 354 g/mol. The number of carbonyl (C=O) groups excluding carboxylic acids is 1. The van der Waals surface area contributed by atoms with Crippen molar-refractivity contribution in [3.63, 3.8) is 0 Å². The van der Waals surface area contributed by atoms with Gasteiger partial charge in [-0.05, 0) is 54.5 Å². The van der Waals surface area contributed by atoms with Crippen molar-refractivity contribution in [1.29, 1.82) is 0 Å². The van der Waals surface area contributed by atoms with Crippen LogP contribution in [0.15, 0.2) is 42.6 Å². The largest absolute Gasteiger partial charge is 0.342 e. The fourth-order valence-electron chi connectivity index (χ4n) is 3.46. The average molecular weight is 377 g/mol. The molecule has 3 aromatic heterocycles. The number of tetrazole rings is 1. The molecule has 144 valence electrons. The van der Waals surface area contributed by atoms with E-state index in [0.717, 1.165) is 16.9 Å². The highest BCUT2D eigenvalue weighted by molar-refractivity contribution is 5.95. The minimum absolute atomic E-state index is 0.164. The van der Waals surface area contributed by atoms with Gasteiger partial charge in [-0.25, -0.2) is 9.50 Å². The lowest BCUT2D eigenvalue weighted by Gasteiger charge is -2.25. The highest BCUT2D eigenvalue weighted by Gasteiger charge is 2.26. The lowest BCUT2D eigenvalue weighted by atomic mass is 10.0. The second kappa shape index (κ2) is 7.03. The molecule has 8 heteroatoms. The van der Waals surface area contributed by atoms with Crippen molar-refractivity contribution in [3.05, 3.63) is 54.0 Å². The second-order valence-corrected chi connectivity index (χ2v) is 7.51. The number of nitrogens with zero attached hydrogens (tertiary/aromatic N) is 6. The van der Waals surface area contributed by atoms with E-state index < -0.39 is 0 Å². The summed E-state index contributed by atoms with van der Waals surface area (Å²) < 4.78 is 3.72. The Morgan fingerprint density at radius 2 is 1.89 bits per heavy atom. The zero-order chi connectivity index (χ0) is 19.8. The molecule has 0 spiro atoms. The van der Waals surface area contributed by atoms with E-state index in [2.05, 4.69) is 59.2 Å². The van der Waals surface area contributed by atoms with Gasteiger partial charge in [0, 0.05) is 17.8 Å². The summed E-state index contributed by atoms with van der Waals surface area (Å²) in [6.07, 6.45) is 1.68. The number of nitrogens with one attached hydrogen (secondary N) is 1. The number of fused-ring (bicyclic) bond motifs is 2. The van der Waals surface area contributed by atoms with E-state index in [4.69, 9.17) is 4.98 Å². The van der Waals surface area contributed by atoms with Crippen LogP contribution in [0, 0.1) is 5.92 Å². The molecule has 8 nitrogen and oxygen atoms in total. The van der Waals surface area contributed by atoms with Crippen LogP contribution in [0.25, 0.3) is 16.7 Å². The van der Waals surface area contributed by atoms with E-state index in [0.29, 0.717) is 11.2 Å². The maximum atomic E-state index is 13.0. The zero-order valence-corrected chi connectivity index (χ0v) is 16.4. The molecule has 1 atom stereocenters. The Kier molecular flexibility index (Phi) is 4.54. The third-order valence-electron chi connectivity index (χ3n) is 4.83. The van der Waals surface area contributed by atoms with Crippen LogP contribution in [0.1, 0.15) is 56.0 Å². The van der Waals surface area contributed by atoms with Gasteiger partial charge in [0.15, 0.2) is 5.65 Å². The molecule has 4 rings (SSSR count). The number of pyridine rings is 1. The predicted molar refractivity (Wildman–Crippen MR) is 106 cm³/mol. The van der Waals surface area contributed by atoms with Gasteiger partial charge in [-0.15, -0.1) is 5.10 Å². The summed E-state index contributed by atoms with van der Waals surface area (Å²) in [7, 11) is 0. The van der Waals surface area contributed by atoms with Gasteiger partial charge in [0.1, 0.15) is 5.82 Å². The number of amides is 1. The molecule has 0 bridgehead atoms. The fourth-order valence-corrected chi connectivity index (χ4v) is 3.46. The standard InChI is InChI=1S/C20H23N7O/c1-12(2)18(19-21-15-7-5-6-8-16(15)27(19)13(3)4)22-20(28)14-9-10-26-17(11-14)23-24-25-26/h5-13,18H,1-4H3,(H,22,28)/t18-/m0/s1. The Balaban J connectivity index is 1.72. The number of imidazole rings is 1. The van der Waals surface area contributed by atoms with Gasteiger partial charge in [-0.1, -0.05) is 26.0 Å². The predicted octanol–water partition coefficient (Wildman–Crippen LogP) is 3.18. The lowest BCUT2D eigenvalue weighted by Crippen LogP contribution is -2.34. The highest BCUT2D eigenvalue weighted by Crippen LogP contribution is 2.29. The first kappa shape index (κ1) is 18.1. The van der Waals surface area contributed by atoms with Crippen molar-refractivity contribution in [2.45, 2.75) is 39.8 Å². The quantitative estimate of drug-likeness (QED) is 0.577. The summed E-state index contributed by atoms with van der Waals surface area (Å²) in [6, 6.07) is 11.4. The fraction of sp³-hybridized carbons (Fsp3) is 0.350. The van der Waals surface area contributed by atoms with Crippen LogP contribution in [0.4, 0.5) is 0 Å². The summed E-state index contributed by atoms with van der Waals surface area (Å²) in [6.45, 7) is 8.42. The summed E-state index contributed by atoms with van der Waals surface area (Å²) >= 11 is 0. The number of hydrogen-bond donors (Lipinski definition) is 1. The molecule has 1 aromatic carbocycles. The van der Waals surface area contributed by atoms with Crippen LogP contribution in [0.3, 0.4) is 0 Å². The Morgan fingerprint density at radius 1 is 1.11 bits per heavy atom. The van der Waals surface area contributed by atoms with Gasteiger partial charge >= 0.3 is 0 Å². The van der Waals surface area contributed by atoms with E-state index in [-0.39, 0.29) is 23.9 Å². The molecule has 4 aromatic rings. The van der Waals surface area contributed by atoms with E-state index >= 15 is 0 Å². The van der Waals surface area contributed by atoms with Crippen molar-refractivity contribution < 1.29 is 4.79 Å². The van der Waals surface area contributed by atoms with Gasteiger partial charge in [0.2, 0.25) is 0 Å². The molecule has 1 amide bonds. The van der Waals surface area contributed by atoms with Gasteiger partial charge in [0.25, 0.3) is 5.91 Å². The Labute approximate surface area is 162 Å². The molecule has 0 fully saturated rings. The number of hydrogen-bond acceptors (Lipinski definition) is 5. The Morgan fingerprint density at radius 3 is 2.64 bits per heavy atom. The van der Waals surface area contributed by atoms with Crippen LogP contribution in [0.2, 0.25) is 0 Å². The SMILES string of the molecule is CC(C)[C@H](NC(=O)c1ccn2nnnc2c1)c1nc2ccccc2n1C(C)C. The normalized spacial score (nSPS) is 12.9.